The molecule has 2 aliphatic heterocycles. The summed E-state index contributed by atoms with van der Waals surface area (Å²) in [5.41, 5.74) is 5.57. The van der Waals surface area contributed by atoms with Gasteiger partial charge in [-0.25, -0.2) is 0 Å². The summed E-state index contributed by atoms with van der Waals surface area (Å²) in [7, 11) is 5.68. The van der Waals surface area contributed by atoms with E-state index in [1.54, 1.807) is 13.2 Å². The number of carbonyl (C=O) groups is 1. The molecular formula is C28H28N2O4. The molecule has 2 aliphatic rings. The minimum atomic E-state index is -0.0977. The van der Waals surface area contributed by atoms with Gasteiger partial charge in [0, 0.05) is 49.6 Å². The zero-order valence-corrected chi connectivity index (χ0v) is 19.9. The molecule has 0 amide bonds. The van der Waals surface area contributed by atoms with Crippen LogP contribution in [0.15, 0.2) is 60.4 Å². The summed E-state index contributed by atoms with van der Waals surface area (Å²) >= 11 is 0. The SMILES string of the molecule is COc1ccccc1CN1COc2c(cc3c(c2C)O/C(=C\c2ccc(N(C)C)cc2)C3=O)C1. The number of allylic oxidation sites excluding steroid dienone is 1. The predicted molar refractivity (Wildman–Crippen MR) is 133 cm³/mol. The molecule has 0 aliphatic carbocycles. The van der Waals surface area contributed by atoms with Crippen LogP contribution in [0.2, 0.25) is 0 Å². The van der Waals surface area contributed by atoms with E-state index in [9.17, 15) is 4.79 Å². The monoisotopic (exact) mass is 456 g/mol. The molecule has 174 valence electrons. The van der Waals surface area contributed by atoms with Crippen LogP contribution < -0.4 is 19.1 Å². The molecule has 34 heavy (non-hydrogen) atoms. The summed E-state index contributed by atoms with van der Waals surface area (Å²) in [6.45, 7) is 3.78. The maximum Gasteiger partial charge on any atom is 0.231 e. The molecule has 0 unspecified atom stereocenters. The van der Waals surface area contributed by atoms with Crippen molar-refractivity contribution in [3.8, 4) is 17.2 Å². The number of para-hydroxylation sites is 1. The van der Waals surface area contributed by atoms with Gasteiger partial charge in [-0.1, -0.05) is 30.3 Å². The van der Waals surface area contributed by atoms with Crippen LogP contribution in [0.5, 0.6) is 17.2 Å². The molecule has 0 spiro atoms. The van der Waals surface area contributed by atoms with E-state index >= 15 is 0 Å². The van der Waals surface area contributed by atoms with Crippen molar-refractivity contribution in [1.82, 2.24) is 4.90 Å². The maximum absolute atomic E-state index is 13.2. The highest BCUT2D eigenvalue weighted by molar-refractivity contribution is 6.15. The summed E-state index contributed by atoms with van der Waals surface area (Å²) in [5.74, 6) is 2.50. The first-order valence-corrected chi connectivity index (χ1v) is 11.3. The summed E-state index contributed by atoms with van der Waals surface area (Å²) in [6.07, 6.45) is 1.80. The van der Waals surface area contributed by atoms with Gasteiger partial charge in [0.1, 0.15) is 24.0 Å². The number of hydrogen-bond donors (Lipinski definition) is 0. The first kappa shape index (κ1) is 22.0. The molecule has 5 rings (SSSR count). The Kier molecular flexibility index (Phi) is 5.75. The van der Waals surface area contributed by atoms with Crippen LogP contribution in [0.25, 0.3) is 6.08 Å². The zero-order valence-electron chi connectivity index (χ0n) is 19.9. The number of methoxy groups -OCH3 is 1. The Hall–Kier alpha value is -3.77. The topological polar surface area (TPSA) is 51.2 Å². The lowest BCUT2D eigenvalue weighted by atomic mass is 9.99. The summed E-state index contributed by atoms with van der Waals surface area (Å²) in [5, 5.41) is 0. The van der Waals surface area contributed by atoms with Gasteiger partial charge >= 0.3 is 0 Å². The molecule has 6 heteroatoms. The molecule has 0 N–H and O–H groups in total. The minimum absolute atomic E-state index is 0.0977. The number of fused-ring (bicyclic) bond motifs is 2. The number of Topliss-reactive ketones (excluding diaryl/α,β-unsaturated/α-hetero) is 1. The van der Waals surface area contributed by atoms with Crippen molar-refractivity contribution < 1.29 is 19.0 Å². The largest absolute Gasteiger partial charge is 0.496 e. The lowest BCUT2D eigenvalue weighted by Crippen LogP contribution is -2.32. The lowest BCUT2D eigenvalue weighted by Gasteiger charge is -2.30. The van der Waals surface area contributed by atoms with E-state index in [1.165, 1.54) is 0 Å². The number of rotatable bonds is 5. The van der Waals surface area contributed by atoms with E-state index < -0.39 is 0 Å². The molecule has 0 atom stereocenters. The van der Waals surface area contributed by atoms with Gasteiger partial charge in [0.2, 0.25) is 5.78 Å². The highest BCUT2D eigenvalue weighted by Crippen LogP contribution is 2.43. The normalized spacial score (nSPS) is 16.0. The highest BCUT2D eigenvalue weighted by Gasteiger charge is 2.33. The van der Waals surface area contributed by atoms with Crippen LogP contribution >= 0.6 is 0 Å². The van der Waals surface area contributed by atoms with E-state index in [-0.39, 0.29) is 5.78 Å². The van der Waals surface area contributed by atoms with Crippen LogP contribution in [-0.2, 0) is 13.1 Å². The number of carbonyl (C=O) groups excluding carboxylic acids is 1. The number of ketones is 1. The molecule has 0 bridgehead atoms. The fraction of sp³-hybridized carbons (Fsp3) is 0.250. The molecule has 6 nitrogen and oxygen atoms in total. The fourth-order valence-electron chi connectivity index (χ4n) is 4.49. The number of nitrogens with zero attached hydrogens (tertiary/aromatic N) is 2. The average molecular weight is 457 g/mol. The van der Waals surface area contributed by atoms with Crippen molar-refractivity contribution >= 4 is 17.5 Å². The molecular weight excluding hydrogens is 428 g/mol. The minimum Gasteiger partial charge on any atom is -0.496 e. The Labute approximate surface area is 200 Å². The molecule has 0 aromatic heterocycles. The van der Waals surface area contributed by atoms with Gasteiger partial charge in [0.25, 0.3) is 0 Å². The molecule has 3 aromatic carbocycles. The molecule has 0 saturated carbocycles. The number of hydrogen-bond acceptors (Lipinski definition) is 6. The number of ether oxygens (including phenoxy) is 3. The first-order chi connectivity index (χ1) is 16.4. The summed E-state index contributed by atoms with van der Waals surface area (Å²) in [4.78, 5) is 17.4. The van der Waals surface area contributed by atoms with Crippen molar-refractivity contribution in [1.29, 1.82) is 0 Å². The van der Waals surface area contributed by atoms with Gasteiger partial charge in [0.05, 0.1) is 12.7 Å². The Morgan fingerprint density at radius 1 is 1.09 bits per heavy atom. The van der Waals surface area contributed by atoms with Gasteiger partial charge in [-0.2, -0.15) is 0 Å². The molecule has 3 aromatic rings. The van der Waals surface area contributed by atoms with E-state index in [2.05, 4.69) is 11.0 Å². The Balaban J connectivity index is 1.39. The quantitative estimate of drug-likeness (QED) is 0.502. The Bertz CT molecular complexity index is 1280. The standard InChI is InChI=1S/C28H28N2O4/c1-18-27-21(16-30(17-33-27)15-20-7-5-6-8-24(20)32-4)14-23-26(31)25(34-28(18)23)13-19-9-11-22(12-10-19)29(2)3/h5-14H,15-17H2,1-4H3/b25-13-. The van der Waals surface area contributed by atoms with Crippen LogP contribution in [-0.4, -0.2) is 38.6 Å². The van der Waals surface area contributed by atoms with Crippen LogP contribution in [0.4, 0.5) is 5.69 Å². The third kappa shape index (κ3) is 4.01. The second-order valence-corrected chi connectivity index (χ2v) is 8.86. The van der Waals surface area contributed by atoms with Gasteiger partial charge < -0.3 is 19.1 Å². The van der Waals surface area contributed by atoms with Crippen molar-refractivity contribution in [2.24, 2.45) is 0 Å². The second-order valence-electron chi connectivity index (χ2n) is 8.86. The molecule has 2 heterocycles. The van der Waals surface area contributed by atoms with E-state index in [1.807, 2.05) is 74.4 Å². The second kappa shape index (κ2) is 8.88. The van der Waals surface area contributed by atoms with E-state index in [0.29, 0.717) is 36.9 Å². The number of benzene rings is 3. The molecule has 0 fully saturated rings. The van der Waals surface area contributed by atoms with Gasteiger partial charge in [-0.3, -0.25) is 9.69 Å². The van der Waals surface area contributed by atoms with Crippen molar-refractivity contribution in [2.75, 3.05) is 32.8 Å². The van der Waals surface area contributed by atoms with Crippen LogP contribution in [0.3, 0.4) is 0 Å². The van der Waals surface area contributed by atoms with Crippen LogP contribution in [0, 0.1) is 6.92 Å². The Morgan fingerprint density at radius 3 is 2.59 bits per heavy atom. The lowest BCUT2D eigenvalue weighted by molar-refractivity contribution is 0.0869. The van der Waals surface area contributed by atoms with Gasteiger partial charge in [0.15, 0.2) is 5.76 Å². The maximum atomic E-state index is 13.2. The third-order valence-electron chi connectivity index (χ3n) is 6.30. The predicted octanol–water partition coefficient (Wildman–Crippen LogP) is 5.04. The van der Waals surface area contributed by atoms with Gasteiger partial charge in [-0.05, 0) is 42.8 Å². The highest BCUT2D eigenvalue weighted by atomic mass is 16.5. The average Bonchev–Trinajstić information content (AvgIpc) is 3.15. The number of anilines is 1. The molecule has 0 saturated heterocycles. The van der Waals surface area contributed by atoms with Crippen molar-refractivity contribution in [3.63, 3.8) is 0 Å². The summed E-state index contributed by atoms with van der Waals surface area (Å²) in [6, 6.07) is 17.9. The third-order valence-corrected chi connectivity index (χ3v) is 6.30. The van der Waals surface area contributed by atoms with Crippen molar-refractivity contribution in [2.45, 2.75) is 20.0 Å². The first-order valence-electron chi connectivity index (χ1n) is 11.3. The van der Waals surface area contributed by atoms with E-state index in [0.717, 1.165) is 39.4 Å². The van der Waals surface area contributed by atoms with Crippen LogP contribution in [0.1, 0.15) is 32.6 Å². The Morgan fingerprint density at radius 2 is 1.85 bits per heavy atom. The van der Waals surface area contributed by atoms with Crippen molar-refractivity contribution in [3.05, 3.63) is 88.2 Å². The summed E-state index contributed by atoms with van der Waals surface area (Å²) < 4.78 is 17.7. The van der Waals surface area contributed by atoms with Gasteiger partial charge in [-0.15, -0.1) is 0 Å². The zero-order chi connectivity index (χ0) is 23.8. The smallest absolute Gasteiger partial charge is 0.231 e. The molecule has 0 radical (unpaired) electrons. The fourth-order valence-corrected chi connectivity index (χ4v) is 4.49. The van der Waals surface area contributed by atoms with E-state index in [4.69, 9.17) is 14.2 Å².